The molecule has 1 aromatic carbocycles. The minimum atomic E-state index is -1.89. The maximum absolute atomic E-state index is 13.1. The fourth-order valence-corrected chi connectivity index (χ4v) is 1.40. The lowest BCUT2D eigenvalue weighted by molar-refractivity contribution is -0.160. The van der Waals surface area contributed by atoms with E-state index in [4.69, 9.17) is 9.84 Å². The summed E-state index contributed by atoms with van der Waals surface area (Å²) in [5.74, 6) is -2.88. The predicted molar refractivity (Wildman–Crippen MR) is 58.0 cm³/mol. The molecule has 0 radical (unpaired) electrons. The van der Waals surface area contributed by atoms with Crippen LogP contribution in [0, 0.1) is 5.82 Å². The van der Waals surface area contributed by atoms with Gasteiger partial charge in [0.1, 0.15) is 5.82 Å². The van der Waals surface area contributed by atoms with Crippen LogP contribution in [0.3, 0.4) is 0 Å². The number of carbonyl (C=O) groups excluding carboxylic acids is 1. The Labute approximate surface area is 98.0 Å². The highest BCUT2D eigenvalue weighted by atomic mass is 19.1. The van der Waals surface area contributed by atoms with Gasteiger partial charge in [-0.15, -0.1) is 0 Å². The van der Waals surface area contributed by atoms with Gasteiger partial charge in [0, 0.05) is 0 Å². The second-order valence-corrected chi connectivity index (χ2v) is 3.66. The van der Waals surface area contributed by atoms with Crippen molar-refractivity contribution in [1.29, 1.82) is 0 Å². The highest BCUT2D eigenvalue weighted by Crippen LogP contribution is 2.26. The summed E-state index contributed by atoms with van der Waals surface area (Å²) in [6.07, 6.45) is 0. The highest BCUT2D eigenvalue weighted by molar-refractivity contribution is 6.05. The van der Waals surface area contributed by atoms with Crippen molar-refractivity contribution in [3.8, 4) is 0 Å². The first-order chi connectivity index (χ1) is 7.92. The second-order valence-electron chi connectivity index (χ2n) is 3.66. The van der Waals surface area contributed by atoms with E-state index in [2.05, 4.69) is 0 Å². The molecule has 4 nitrogen and oxygen atoms in total. The van der Waals surface area contributed by atoms with E-state index in [-0.39, 0.29) is 12.2 Å². The molecule has 0 fully saturated rings. The summed E-state index contributed by atoms with van der Waals surface area (Å²) in [4.78, 5) is 22.9. The summed E-state index contributed by atoms with van der Waals surface area (Å²) in [6, 6.07) is 4.93. The fraction of sp³-hybridized carbons (Fsp3) is 0.333. The molecule has 0 aliphatic heterocycles. The van der Waals surface area contributed by atoms with Crippen LogP contribution < -0.4 is 0 Å². The molecule has 92 valence electrons. The zero-order valence-corrected chi connectivity index (χ0v) is 9.57. The van der Waals surface area contributed by atoms with Crippen LogP contribution in [0.2, 0.25) is 0 Å². The van der Waals surface area contributed by atoms with Gasteiger partial charge in [-0.05, 0) is 31.5 Å². The Morgan fingerprint density at radius 1 is 1.47 bits per heavy atom. The largest absolute Gasteiger partial charge is 0.480 e. The normalized spacial score (nSPS) is 13.8. The van der Waals surface area contributed by atoms with Crippen molar-refractivity contribution in [1.82, 2.24) is 0 Å². The van der Waals surface area contributed by atoms with Gasteiger partial charge in [-0.2, -0.15) is 0 Å². The van der Waals surface area contributed by atoms with Crippen LogP contribution in [0.25, 0.3) is 0 Å². The Kier molecular flexibility index (Phi) is 3.83. The summed E-state index contributed by atoms with van der Waals surface area (Å²) in [6.45, 7) is 2.84. The molecule has 0 saturated heterocycles. The zero-order chi connectivity index (χ0) is 13.1. The summed E-state index contributed by atoms with van der Waals surface area (Å²) in [5.41, 5.74) is -1.83. The minimum Gasteiger partial charge on any atom is -0.480 e. The van der Waals surface area contributed by atoms with Gasteiger partial charge < -0.3 is 9.84 Å². The maximum Gasteiger partial charge on any atom is 0.327 e. The fourth-order valence-electron chi connectivity index (χ4n) is 1.40. The molecule has 1 rings (SSSR count). The summed E-state index contributed by atoms with van der Waals surface area (Å²) in [5, 5.41) is 9.15. The van der Waals surface area contributed by atoms with Crippen molar-refractivity contribution in [2.75, 3.05) is 6.61 Å². The van der Waals surface area contributed by atoms with E-state index in [0.29, 0.717) is 0 Å². The average molecular weight is 240 g/mol. The van der Waals surface area contributed by atoms with Gasteiger partial charge in [0.15, 0.2) is 5.41 Å². The van der Waals surface area contributed by atoms with E-state index < -0.39 is 23.2 Å². The summed E-state index contributed by atoms with van der Waals surface area (Å²) in [7, 11) is 0. The van der Waals surface area contributed by atoms with Crippen molar-refractivity contribution >= 4 is 11.9 Å². The molecule has 1 aromatic rings. The summed E-state index contributed by atoms with van der Waals surface area (Å²) < 4.78 is 17.8. The molecule has 0 amide bonds. The molecule has 0 saturated carbocycles. The van der Waals surface area contributed by atoms with E-state index in [0.717, 1.165) is 6.07 Å². The Balaban J connectivity index is 3.25. The van der Waals surface area contributed by atoms with Crippen molar-refractivity contribution in [3.05, 3.63) is 35.6 Å². The number of hydrogen-bond donors (Lipinski definition) is 1. The van der Waals surface area contributed by atoms with Crippen LogP contribution >= 0.6 is 0 Å². The third kappa shape index (κ3) is 2.43. The number of carboxylic acids is 1. The third-order valence-corrected chi connectivity index (χ3v) is 2.51. The molecule has 0 heterocycles. The van der Waals surface area contributed by atoms with Crippen molar-refractivity contribution < 1.29 is 23.8 Å². The zero-order valence-electron chi connectivity index (χ0n) is 9.57. The van der Waals surface area contributed by atoms with Gasteiger partial charge in [-0.3, -0.25) is 9.59 Å². The first kappa shape index (κ1) is 13.2. The number of carbonyl (C=O) groups is 2. The van der Waals surface area contributed by atoms with Crippen LogP contribution in [0.4, 0.5) is 4.39 Å². The molecule has 1 unspecified atom stereocenters. The van der Waals surface area contributed by atoms with Crippen LogP contribution in [0.1, 0.15) is 19.4 Å². The van der Waals surface area contributed by atoms with Crippen LogP contribution in [0.5, 0.6) is 0 Å². The highest BCUT2D eigenvalue weighted by Gasteiger charge is 2.44. The molecule has 17 heavy (non-hydrogen) atoms. The van der Waals surface area contributed by atoms with Crippen molar-refractivity contribution in [2.45, 2.75) is 19.3 Å². The number of halogens is 1. The molecule has 5 heteroatoms. The summed E-state index contributed by atoms with van der Waals surface area (Å²) >= 11 is 0. The predicted octanol–water partition coefficient (Wildman–Crippen LogP) is 1.73. The molecular weight excluding hydrogens is 227 g/mol. The van der Waals surface area contributed by atoms with Crippen LogP contribution in [-0.4, -0.2) is 23.7 Å². The van der Waals surface area contributed by atoms with Gasteiger partial charge in [-0.1, -0.05) is 12.1 Å². The first-order valence-corrected chi connectivity index (χ1v) is 5.09. The maximum atomic E-state index is 13.1. The van der Waals surface area contributed by atoms with Crippen LogP contribution in [0.15, 0.2) is 24.3 Å². The quantitative estimate of drug-likeness (QED) is 0.643. The van der Waals surface area contributed by atoms with E-state index in [1.54, 1.807) is 6.92 Å². The molecule has 1 N–H and O–H groups in total. The Morgan fingerprint density at radius 3 is 2.59 bits per heavy atom. The van der Waals surface area contributed by atoms with Crippen molar-refractivity contribution in [2.24, 2.45) is 0 Å². The molecule has 1 atom stereocenters. The number of hydrogen-bond acceptors (Lipinski definition) is 3. The second kappa shape index (κ2) is 4.95. The molecule has 0 aliphatic carbocycles. The molecular formula is C12H13FO4. The Bertz CT molecular complexity index is 444. The van der Waals surface area contributed by atoms with E-state index in [1.807, 2.05) is 0 Å². The Morgan fingerprint density at radius 2 is 2.12 bits per heavy atom. The van der Waals surface area contributed by atoms with Gasteiger partial charge in [0.25, 0.3) is 0 Å². The lowest BCUT2D eigenvalue weighted by Gasteiger charge is -2.22. The van der Waals surface area contributed by atoms with Gasteiger partial charge >= 0.3 is 11.9 Å². The number of rotatable bonds is 4. The smallest absolute Gasteiger partial charge is 0.327 e. The topological polar surface area (TPSA) is 63.6 Å². The number of esters is 1. The standard InChI is InChI=1S/C12H13FO4/c1-3-17-11(16)12(2,10(14)15)8-5-4-6-9(13)7-8/h4-7H,3H2,1-2H3,(H,14,15). The lowest BCUT2D eigenvalue weighted by atomic mass is 9.82. The Hall–Kier alpha value is -1.91. The molecule has 0 spiro atoms. The van der Waals surface area contributed by atoms with Gasteiger partial charge in [-0.25, -0.2) is 4.39 Å². The first-order valence-electron chi connectivity index (χ1n) is 5.09. The molecule has 0 bridgehead atoms. The molecule has 0 aromatic heterocycles. The third-order valence-electron chi connectivity index (χ3n) is 2.51. The van der Waals surface area contributed by atoms with Crippen molar-refractivity contribution in [3.63, 3.8) is 0 Å². The number of ether oxygens (including phenoxy) is 1. The van der Waals surface area contributed by atoms with Gasteiger partial charge in [0.05, 0.1) is 6.61 Å². The molecule has 0 aliphatic rings. The van der Waals surface area contributed by atoms with Gasteiger partial charge in [0.2, 0.25) is 0 Å². The SMILES string of the molecule is CCOC(=O)C(C)(C(=O)O)c1cccc(F)c1. The minimum absolute atomic E-state index is 0.0588. The monoisotopic (exact) mass is 240 g/mol. The average Bonchev–Trinajstić information content (AvgIpc) is 2.27. The van der Waals surface area contributed by atoms with Crippen LogP contribution in [-0.2, 0) is 19.7 Å². The van der Waals surface area contributed by atoms with E-state index >= 15 is 0 Å². The lowest BCUT2D eigenvalue weighted by Crippen LogP contribution is -2.42. The number of benzene rings is 1. The van der Waals surface area contributed by atoms with E-state index in [9.17, 15) is 14.0 Å². The number of carboxylic acid groups (broad SMARTS) is 1. The number of aliphatic carboxylic acids is 1. The van der Waals surface area contributed by atoms with E-state index in [1.165, 1.54) is 25.1 Å².